The van der Waals surface area contributed by atoms with Gasteiger partial charge in [0.25, 0.3) is 10.2 Å². The lowest BCUT2D eigenvalue weighted by molar-refractivity contribution is 0.314. The Morgan fingerprint density at radius 3 is 2.61 bits per heavy atom. The molecule has 0 atom stereocenters. The Kier molecular flexibility index (Phi) is 4.82. The lowest BCUT2D eigenvalue weighted by Gasteiger charge is -2.30. The fourth-order valence-electron chi connectivity index (χ4n) is 2.06. The quantitative estimate of drug-likeness (QED) is 0.835. The van der Waals surface area contributed by atoms with E-state index in [0.717, 1.165) is 28.6 Å². The summed E-state index contributed by atoms with van der Waals surface area (Å²) < 4.78 is 28.7. The summed E-state index contributed by atoms with van der Waals surface area (Å²) in [6, 6.07) is 1.97. The van der Waals surface area contributed by atoms with E-state index in [-0.39, 0.29) is 0 Å². The van der Waals surface area contributed by atoms with E-state index in [1.165, 1.54) is 4.31 Å². The van der Waals surface area contributed by atoms with Crippen molar-refractivity contribution in [3.8, 4) is 0 Å². The van der Waals surface area contributed by atoms with E-state index in [1.54, 1.807) is 22.7 Å². The molecule has 0 aliphatic carbocycles. The maximum atomic E-state index is 12.3. The van der Waals surface area contributed by atoms with Gasteiger partial charge in [-0.25, -0.2) is 0 Å². The van der Waals surface area contributed by atoms with Crippen LogP contribution in [0.5, 0.6) is 0 Å². The highest BCUT2D eigenvalue weighted by atomic mass is 79.9. The largest absolute Gasteiger partial charge is 0.282 e. The second kappa shape index (κ2) is 6.00. The zero-order valence-corrected chi connectivity index (χ0v) is 13.5. The molecule has 7 heteroatoms. The standard InChI is InChI=1S/C11H17BrN2O2S2/c1-13(8-10-7-11(12)17-9-10)18(15,16)14-5-3-2-4-6-14/h7,9H,2-6,8H2,1H3. The molecule has 0 radical (unpaired) electrons. The van der Waals surface area contributed by atoms with Crippen LogP contribution in [0.2, 0.25) is 0 Å². The van der Waals surface area contributed by atoms with Crippen molar-refractivity contribution in [2.45, 2.75) is 25.8 Å². The summed E-state index contributed by atoms with van der Waals surface area (Å²) in [7, 11) is -1.65. The van der Waals surface area contributed by atoms with E-state index in [1.807, 2.05) is 11.4 Å². The van der Waals surface area contributed by atoms with Gasteiger partial charge in [0.1, 0.15) is 0 Å². The highest BCUT2D eigenvalue weighted by molar-refractivity contribution is 9.11. The number of hydrogen-bond acceptors (Lipinski definition) is 3. The Morgan fingerprint density at radius 1 is 1.39 bits per heavy atom. The molecule has 0 unspecified atom stereocenters. The first kappa shape index (κ1) is 14.5. The fourth-order valence-corrected chi connectivity index (χ4v) is 4.69. The van der Waals surface area contributed by atoms with Gasteiger partial charge in [0.05, 0.1) is 3.79 Å². The first-order valence-corrected chi connectivity index (χ1v) is 9.01. The van der Waals surface area contributed by atoms with Gasteiger partial charge in [-0.1, -0.05) is 6.42 Å². The lowest BCUT2D eigenvalue weighted by atomic mass is 10.2. The van der Waals surface area contributed by atoms with E-state index in [0.29, 0.717) is 19.6 Å². The van der Waals surface area contributed by atoms with E-state index in [2.05, 4.69) is 15.9 Å². The molecule has 1 fully saturated rings. The van der Waals surface area contributed by atoms with Crippen molar-refractivity contribution in [3.05, 3.63) is 20.8 Å². The van der Waals surface area contributed by atoms with Gasteiger partial charge in [0.15, 0.2) is 0 Å². The van der Waals surface area contributed by atoms with Crippen LogP contribution in [0.1, 0.15) is 24.8 Å². The van der Waals surface area contributed by atoms with Crippen molar-refractivity contribution in [2.75, 3.05) is 20.1 Å². The summed E-state index contributed by atoms with van der Waals surface area (Å²) in [5.74, 6) is 0. The van der Waals surface area contributed by atoms with Gasteiger partial charge >= 0.3 is 0 Å². The van der Waals surface area contributed by atoms with E-state index in [4.69, 9.17) is 0 Å². The minimum atomic E-state index is -3.29. The summed E-state index contributed by atoms with van der Waals surface area (Å²) in [5, 5.41) is 1.98. The van der Waals surface area contributed by atoms with Gasteiger partial charge in [-0.3, -0.25) is 0 Å². The summed E-state index contributed by atoms with van der Waals surface area (Å²) in [5.41, 5.74) is 1.02. The Bertz CT molecular complexity index is 495. The molecule has 0 saturated carbocycles. The molecular weight excluding hydrogens is 336 g/mol. The van der Waals surface area contributed by atoms with Crippen LogP contribution >= 0.6 is 27.3 Å². The lowest BCUT2D eigenvalue weighted by Crippen LogP contribution is -2.43. The number of nitrogens with zero attached hydrogens (tertiary/aromatic N) is 2. The van der Waals surface area contributed by atoms with Gasteiger partial charge in [0, 0.05) is 26.7 Å². The van der Waals surface area contributed by atoms with Crippen LogP contribution in [-0.2, 0) is 16.8 Å². The maximum absolute atomic E-state index is 12.3. The predicted octanol–water partition coefficient (Wildman–Crippen LogP) is 2.67. The predicted molar refractivity (Wildman–Crippen MR) is 77.8 cm³/mol. The van der Waals surface area contributed by atoms with Gasteiger partial charge in [-0.2, -0.15) is 17.0 Å². The minimum absolute atomic E-state index is 0.431. The third kappa shape index (κ3) is 3.33. The van der Waals surface area contributed by atoms with E-state index < -0.39 is 10.2 Å². The average Bonchev–Trinajstić information content (AvgIpc) is 2.76. The molecule has 0 N–H and O–H groups in total. The van der Waals surface area contributed by atoms with Crippen LogP contribution in [0.25, 0.3) is 0 Å². The number of piperidine rings is 1. The van der Waals surface area contributed by atoms with Crippen LogP contribution in [-0.4, -0.2) is 37.2 Å². The summed E-state index contributed by atoms with van der Waals surface area (Å²) >= 11 is 4.96. The van der Waals surface area contributed by atoms with Crippen molar-refractivity contribution >= 4 is 37.5 Å². The first-order valence-electron chi connectivity index (χ1n) is 5.94. The molecule has 18 heavy (non-hydrogen) atoms. The number of thiophene rings is 1. The van der Waals surface area contributed by atoms with Gasteiger partial charge in [-0.05, 0) is 45.8 Å². The molecule has 0 bridgehead atoms. The van der Waals surface area contributed by atoms with Crippen molar-refractivity contribution < 1.29 is 8.42 Å². The van der Waals surface area contributed by atoms with Crippen LogP contribution < -0.4 is 0 Å². The Morgan fingerprint density at radius 2 is 2.06 bits per heavy atom. The third-order valence-corrected chi connectivity index (χ3v) is 6.55. The molecule has 0 spiro atoms. The van der Waals surface area contributed by atoms with Crippen LogP contribution in [0.15, 0.2) is 15.2 Å². The molecule has 1 aromatic rings. The molecule has 4 nitrogen and oxygen atoms in total. The van der Waals surface area contributed by atoms with Crippen LogP contribution in [0.3, 0.4) is 0 Å². The summed E-state index contributed by atoms with van der Waals surface area (Å²) in [4.78, 5) is 0. The number of rotatable bonds is 4. The van der Waals surface area contributed by atoms with E-state index in [9.17, 15) is 8.42 Å². The van der Waals surface area contributed by atoms with Crippen LogP contribution in [0.4, 0.5) is 0 Å². The van der Waals surface area contributed by atoms with E-state index >= 15 is 0 Å². The number of halogens is 1. The first-order chi connectivity index (χ1) is 8.50. The molecule has 1 saturated heterocycles. The topological polar surface area (TPSA) is 40.6 Å². The second-order valence-corrected chi connectivity index (χ2v) is 8.81. The zero-order valence-electron chi connectivity index (χ0n) is 10.3. The summed E-state index contributed by atoms with van der Waals surface area (Å²) in [6.07, 6.45) is 3.07. The van der Waals surface area contributed by atoms with Crippen LogP contribution in [0, 0.1) is 0 Å². The van der Waals surface area contributed by atoms with Gasteiger partial charge in [0.2, 0.25) is 0 Å². The number of hydrogen-bond donors (Lipinski definition) is 0. The Hall–Kier alpha value is 0.0500. The normalized spacial score (nSPS) is 18.4. The SMILES string of the molecule is CN(Cc1csc(Br)c1)S(=O)(=O)N1CCCCC1. The molecule has 1 aliphatic rings. The molecule has 1 aliphatic heterocycles. The highest BCUT2D eigenvalue weighted by Crippen LogP contribution is 2.23. The van der Waals surface area contributed by atoms with Gasteiger partial charge in [-0.15, -0.1) is 11.3 Å². The Labute approximate surface area is 121 Å². The van der Waals surface area contributed by atoms with Gasteiger partial charge < -0.3 is 0 Å². The summed E-state index contributed by atoms with van der Waals surface area (Å²) in [6.45, 7) is 1.74. The zero-order chi connectivity index (χ0) is 13.2. The molecular formula is C11H17BrN2O2S2. The molecule has 2 rings (SSSR count). The monoisotopic (exact) mass is 352 g/mol. The molecule has 1 aromatic heterocycles. The molecule has 0 amide bonds. The average molecular weight is 353 g/mol. The van der Waals surface area contributed by atoms with Crippen molar-refractivity contribution in [1.29, 1.82) is 0 Å². The molecule has 2 heterocycles. The smallest absolute Gasteiger partial charge is 0.195 e. The third-order valence-electron chi connectivity index (χ3n) is 3.06. The minimum Gasteiger partial charge on any atom is -0.195 e. The molecule has 0 aromatic carbocycles. The van der Waals surface area contributed by atoms with Crippen molar-refractivity contribution in [2.24, 2.45) is 0 Å². The second-order valence-electron chi connectivity index (χ2n) is 4.48. The van der Waals surface area contributed by atoms with Crippen molar-refractivity contribution in [3.63, 3.8) is 0 Å². The Balaban J connectivity index is 2.04. The highest BCUT2D eigenvalue weighted by Gasteiger charge is 2.28. The maximum Gasteiger partial charge on any atom is 0.282 e. The molecule has 102 valence electrons. The van der Waals surface area contributed by atoms with Crippen molar-refractivity contribution in [1.82, 2.24) is 8.61 Å². The fraction of sp³-hybridized carbons (Fsp3) is 0.636.